The summed E-state index contributed by atoms with van der Waals surface area (Å²) in [6, 6.07) is 10.7. The minimum absolute atomic E-state index is 0.0112. The number of nitrogens with one attached hydrogen (secondary N) is 2. The van der Waals surface area contributed by atoms with Crippen LogP contribution < -0.4 is 20.2 Å². The molecule has 3 rings (SSSR count). The Kier molecular flexibility index (Phi) is 5.43. The van der Waals surface area contributed by atoms with Gasteiger partial charge >= 0.3 is 0 Å². The Hall–Kier alpha value is -3.42. The molecule has 0 aliphatic carbocycles. The van der Waals surface area contributed by atoms with E-state index in [4.69, 9.17) is 9.47 Å². The van der Waals surface area contributed by atoms with Gasteiger partial charge in [-0.15, -0.1) is 0 Å². The molecule has 2 aromatic rings. The number of halogens is 1. The summed E-state index contributed by atoms with van der Waals surface area (Å²) >= 11 is 0. The van der Waals surface area contributed by atoms with E-state index in [1.165, 1.54) is 30.5 Å². The van der Waals surface area contributed by atoms with Crippen LogP contribution in [0.3, 0.4) is 0 Å². The summed E-state index contributed by atoms with van der Waals surface area (Å²) in [6.45, 7) is 0.187. The van der Waals surface area contributed by atoms with Gasteiger partial charge in [-0.1, -0.05) is 0 Å². The monoisotopic (exact) mass is 357 g/mol. The van der Waals surface area contributed by atoms with E-state index in [0.29, 0.717) is 17.2 Å². The Labute approximate surface area is 148 Å². The molecule has 0 saturated carbocycles. The molecule has 0 fully saturated rings. The van der Waals surface area contributed by atoms with E-state index in [0.717, 1.165) is 5.56 Å². The Balaban J connectivity index is 1.41. The lowest BCUT2D eigenvalue weighted by molar-refractivity contribution is -0.124. The maximum Gasteiger partial charge on any atom is 0.240 e. The summed E-state index contributed by atoms with van der Waals surface area (Å²) in [6.07, 6.45) is 1.44. The van der Waals surface area contributed by atoms with Crippen molar-refractivity contribution >= 4 is 23.7 Å². The maximum absolute atomic E-state index is 12.8. The fraction of sp³-hybridized carbons (Fsp3) is 0.167. The molecule has 1 aliphatic rings. The third-order valence-electron chi connectivity index (χ3n) is 3.51. The van der Waals surface area contributed by atoms with Gasteiger partial charge in [-0.3, -0.25) is 9.59 Å². The lowest BCUT2D eigenvalue weighted by Crippen LogP contribution is -2.20. The molecule has 0 aromatic heterocycles. The largest absolute Gasteiger partial charge is 0.454 e. The highest BCUT2D eigenvalue weighted by atomic mass is 19.1. The van der Waals surface area contributed by atoms with Crippen LogP contribution in [-0.2, 0) is 9.59 Å². The summed E-state index contributed by atoms with van der Waals surface area (Å²) in [5.74, 6) is 0.168. The number of hydrogen-bond acceptors (Lipinski definition) is 5. The van der Waals surface area contributed by atoms with Gasteiger partial charge in [-0.2, -0.15) is 5.10 Å². The Morgan fingerprint density at radius 3 is 2.58 bits per heavy atom. The second kappa shape index (κ2) is 8.11. The van der Waals surface area contributed by atoms with E-state index in [1.54, 1.807) is 18.2 Å². The number of anilines is 1. The molecule has 0 bridgehead atoms. The minimum Gasteiger partial charge on any atom is -0.454 e. The molecule has 1 heterocycles. The van der Waals surface area contributed by atoms with Crippen LogP contribution in [0, 0.1) is 5.82 Å². The Morgan fingerprint density at radius 2 is 1.77 bits per heavy atom. The third-order valence-corrected chi connectivity index (χ3v) is 3.51. The van der Waals surface area contributed by atoms with Gasteiger partial charge in [0, 0.05) is 18.5 Å². The molecule has 0 spiro atoms. The first-order valence-electron chi connectivity index (χ1n) is 7.87. The molecular weight excluding hydrogens is 341 g/mol. The molecule has 2 N–H and O–H groups in total. The van der Waals surface area contributed by atoms with Crippen molar-refractivity contribution in [1.29, 1.82) is 0 Å². The minimum atomic E-state index is -0.392. The van der Waals surface area contributed by atoms with Crippen molar-refractivity contribution in [3.8, 4) is 11.5 Å². The van der Waals surface area contributed by atoms with Crippen LogP contribution >= 0.6 is 0 Å². The molecule has 2 aromatic carbocycles. The first-order chi connectivity index (χ1) is 12.6. The van der Waals surface area contributed by atoms with Crippen LogP contribution in [0.4, 0.5) is 10.1 Å². The first kappa shape index (κ1) is 17.4. The topological polar surface area (TPSA) is 89.0 Å². The number of carbonyl (C=O) groups excluding carboxylic acids is 2. The number of amides is 2. The lowest BCUT2D eigenvalue weighted by Gasteiger charge is -2.04. The van der Waals surface area contributed by atoms with Crippen molar-refractivity contribution in [3.63, 3.8) is 0 Å². The zero-order valence-corrected chi connectivity index (χ0v) is 13.7. The van der Waals surface area contributed by atoms with Crippen LogP contribution in [0.25, 0.3) is 0 Å². The van der Waals surface area contributed by atoms with Gasteiger partial charge in [0.2, 0.25) is 18.6 Å². The summed E-state index contributed by atoms with van der Waals surface area (Å²) in [7, 11) is 0. The molecule has 2 amide bonds. The number of hydrazone groups is 1. The number of rotatable bonds is 6. The number of fused-ring (bicyclic) bond motifs is 1. The summed E-state index contributed by atoms with van der Waals surface area (Å²) in [4.78, 5) is 23.5. The van der Waals surface area contributed by atoms with Gasteiger partial charge in [-0.25, -0.2) is 9.82 Å². The Morgan fingerprint density at radius 1 is 1.04 bits per heavy atom. The average Bonchev–Trinajstić information content (AvgIpc) is 3.10. The molecule has 0 atom stereocenters. The Bertz CT molecular complexity index is 837. The summed E-state index contributed by atoms with van der Waals surface area (Å²) in [5, 5.41) is 6.42. The summed E-state index contributed by atoms with van der Waals surface area (Å²) < 4.78 is 23.2. The molecule has 0 saturated heterocycles. The highest BCUT2D eigenvalue weighted by Crippen LogP contribution is 2.31. The van der Waals surface area contributed by atoms with Crippen LogP contribution in [0.5, 0.6) is 11.5 Å². The smallest absolute Gasteiger partial charge is 0.240 e. The second-order valence-corrected chi connectivity index (χ2v) is 5.46. The molecule has 7 nitrogen and oxygen atoms in total. The third kappa shape index (κ3) is 4.79. The number of nitrogens with zero attached hydrogens (tertiary/aromatic N) is 1. The average molecular weight is 357 g/mol. The lowest BCUT2D eigenvalue weighted by atomic mass is 10.2. The molecule has 0 radical (unpaired) electrons. The number of benzene rings is 2. The van der Waals surface area contributed by atoms with Gasteiger partial charge in [-0.05, 0) is 48.0 Å². The highest BCUT2D eigenvalue weighted by molar-refractivity contribution is 5.93. The van der Waals surface area contributed by atoms with Crippen molar-refractivity contribution in [3.05, 3.63) is 53.8 Å². The van der Waals surface area contributed by atoms with E-state index < -0.39 is 5.91 Å². The predicted molar refractivity (Wildman–Crippen MR) is 92.6 cm³/mol. The van der Waals surface area contributed by atoms with Gasteiger partial charge in [0.25, 0.3) is 0 Å². The maximum atomic E-state index is 12.8. The highest BCUT2D eigenvalue weighted by Gasteiger charge is 2.12. The van der Waals surface area contributed by atoms with Crippen LogP contribution in [0.15, 0.2) is 47.6 Å². The van der Waals surface area contributed by atoms with Crippen molar-refractivity contribution in [2.75, 3.05) is 12.1 Å². The molecule has 8 heteroatoms. The standard InChI is InChI=1S/C18H16FN3O4/c19-13-2-4-14(5-3-13)21-17(23)7-8-18(24)22-20-10-12-1-6-15-16(9-12)26-11-25-15/h1-6,9-10H,7-8,11H2,(H,21,23)(H,22,24)/b20-10-. The molecule has 26 heavy (non-hydrogen) atoms. The van der Waals surface area contributed by atoms with Gasteiger partial charge in [0.05, 0.1) is 6.21 Å². The van der Waals surface area contributed by atoms with Crippen molar-refractivity contribution in [2.24, 2.45) is 5.10 Å². The SMILES string of the molecule is O=C(CCC(=O)Nc1ccc(F)cc1)N/N=C\c1ccc2c(c1)OCO2. The molecule has 1 aliphatic heterocycles. The number of carbonyl (C=O) groups is 2. The molecule has 134 valence electrons. The van der Waals surface area contributed by atoms with Gasteiger partial charge < -0.3 is 14.8 Å². The number of ether oxygens (including phenoxy) is 2. The van der Waals surface area contributed by atoms with Crippen molar-refractivity contribution in [1.82, 2.24) is 5.43 Å². The first-order valence-corrected chi connectivity index (χ1v) is 7.87. The van der Waals surface area contributed by atoms with Crippen LogP contribution in [-0.4, -0.2) is 24.8 Å². The van der Waals surface area contributed by atoms with E-state index in [1.807, 2.05) is 0 Å². The molecule has 0 unspecified atom stereocenters. The van der Waals surface area contributed by atoms with Crippen LogP contribution in [0.1, 0.15) is 18.4 Å². The zero-order valence-electron chi connectivity index (χ0n) is 13.7. The van der Waals surface area contributed by atoms with Crippen molar-refractivity contribution in [2.45, 2.75) is 12.8 Å². The van der Waals surface area contributed by atoms with E-state index in [-0.39, 0.29) is 31.4 Å². The van der Waals surface area contributed by atoms with Gasteiger partial charge in [0.1, 0.15) is 5.82 Å². The quantitative estimate of drug-likeness (QED) is 0.614. The zero-order chi connectivity index (χ0) is 18.4. The number of hydrogen-bond donors (Lipinski definition) is 2. The van der Waals surface area contributed by atoms with E-state index >= 15 is 0 Å². The fourth-order valence-electron chi connectivity index (χ4n) is 2.21. The van der Waals surface area contributed by atoms with Crippen LogP contribution in [0.2, 0.25) is 0 Å². The van der Waals surface area contributed by atoms with Crippen molar-refractivity contribution < 1.29 is 23.5 Å². The normalized spacial score (nSPS) is 12.2. The molecular formula is C18H16FN3O4. The van der Waals surface area contributed by atoms with Gasteiger partial charge in [0.15, 0.2) is 11.5 Å². The second-order valence-electron chi connectivity index (χ2n) is 5.46. The fourth-order valence-corrected chi connectivity index (χ4v) is 2.21. The summed E-state index contributed by atoms with van der Waals surface area (Å²) in [5.41, 5.74) is 3.56. The van der Waals surface area contributed by atoms with E-state index in [9.17, 15) is 14.0 Å². The predicted octanol–water partition coefficient (Wildman–Crippen LogP) is 2.42. The van der Waals surface area contributed by atoms with E-state index in [2.05, 4.69) is 15.8 Å².